The number of benzene rings is 1. The number of anilines is 1. The number of H-pyrrole nitrogens is 1. The van der Waals surface area contributed by atoms with E-state index in [1.807, 2.05) is 0 Å². The number of nitrogens with one attached hydrogen (secondary N) is 2. The predicted molar refractivity (Wildman–Crippen MR) is 112 cm³/mol. The summed E-state index contributed by atoms with van der Waals surface area (Å²) < 4.78 is 28.3. The summed E-state index contributed by atoms with van der Waals surface area (Å²) in [7, 11) is -3.67. The molecule has 0 saturated heterocycles. The molecule has 2 aromatic rings. The van der Waals surface area contributed by atoms with Crippen molar-refractivity contribution >= 4 is 45.0 Å². The second-order valence-corrected chi connectivity index (χ2v) is 9.77. The molecule has 1 aliphatic rings. The third-order valence-electron chi connectivity index (χ3n) is 4.47. The maximum Gasteiger partial charge on any atom is 0.344 e. The van der Waals surface area contributed by atoms with E-state index in [4.69, 9.17) is 11.6 Å². The highest BCUT2D eigenvalue weighted by Gasteiger charge is 2.29. The normalized spacial score (nSPS) is 14.3. The first kappa shape index (κ1) is 21.9. The Labute approximate surface area is 177 Å². The highest BCUT2D eigenvalue weighted by atomic mass is 35.5. The van der Waals surface area contributed by atoms with E-state index in [9.17, 15) is 18.0 Å². The molecule has 0 radical (unpaired) electrons. The summed E-state index contributed by atoms with van der Waals surface area (Å²) in [5.41, 5.74) is -0.0696. The summed E-state index contributed by atoms with van der Waals surface area (Å²) in [5.74, 6) is -0.382. The summed E-state index contributed by atoms with van der Waals surface area (Å²) in [6.07, 6.45) is 1.84. The molecule has 1 amide bonds. The standard InChI is InChI=1S/C17H22ClN5O4S2/c1-3-22(4-2)29(26,27)12-7-8-13(18)14(9-12)19-15(24)10-28-17-21-20-16(25)23(17)11-5-6-11/h7-9,11H,3-6,10H2,1-2H3,(H,19,24)(H,20,25). The molecule has 3 rings (SSSR count). The topological polar surface area (TPSA) is 117 Å². The number of carbonyl (C=O) groups excluding carboxylic acids is 1. The van der Waals surface area contributed by atoms with Crippen molar-refractivity contribution in [3.63, 3.8) is 0 Å². The van der Waals surface area contributed by atoms with Crippen LogP contribution in [0.2, 0.25) is 5.02 Å². The van der Waals surface area contributed by atoms with Crippen LogP contribution in [0, 0.1) is 0 Å². The Balaban J connectivity index is 1.71. The number of hydrogen-bond acceptors (Lipinski definition) is 6. The van der Waals surface area contributed by atoms with Gasteiger partial charge in [-0.25, -0.2) is 18.3 Å². The SMILES string of the molecule is CCN(CC)S(=O)(=O)c1ccc(Cl)c(NC(=O)CSc2n[nH]c(=O)n2C2CC2)c1. The number of sulfonamides is 1. The van der Waals surface area contributed by atoms with E-state index in [-0.39, 0.29) is 39.0 Å². The summed E-state index contributed by atoms with van der Waals surface area (Å²) in [6, 6.07) is 4.35. The Morgan fingerprint density at radius 2 is 2.07 bits per heavy atom. The molecule has 0 aliphatic heterocycles. The molecule has 1 fully saturated rings. The van der Waals surface area contributed by atoms with Crippen LogP contribution in [0.4, 0.5) is 5.69 Å². The van der Waals surface area contributed by atoms with Gasteiger partial charge in [0.15, 0.2) is 5.16 Å². The van der Waals surface area contributed by atoms with Crippen molar-refractivity contribution < 1.29 is 13.2 Å². The van der Waals surface area contributed by atoms with E-state index in [2.05, 4.69) is 15.5 Å². The predicted octanol–water partition coefficient (Wildman–Crippen LogP) is 2.32. The molecule has 1 heterocycles. The Hall–Kier alpha value is -1.82. The van der Waals surface area contributed by atoms with Crippen LogP contribution in [0.25, 0.3) is 0 Å². The maximum atomic E-state index is 12.7. The first-order valence-corrected chi connectivity index (χ1v) is 12.0. The minimum atomic E-state index is -3.67. The average molecular weight is 460 g/mol. The lowest BCUT2D eigenvalue weighted by Gasteiger charge is -2.19. The van der Waals surface area contributed by atoms with Crippen LogP contribution in [0.15, 0.2) is 33.0 Å². The zero-order chi connectivity index (χ0) is 21.2. The molecule has 0 spiro atoms. The van der Waals surface area contributed by atoms with Crippen LogP contribution in [0.3, 0.4) is 0 Å². The number of carbonyl (C=O) groups is 1. The second-order valence-electron chi connectivity index (χ2n) is 6.48. The van der Waals surface area contributed by atoms with Crippen LogP contribution in [-0.4, -0.2) is 52.2 Å². The number of nitrogens with zero attached hydrogens (tertiary/aromatic N) is 3. The third-order valence-corrected chi connectivity index (χ3v) is 7.80. The fourth-order valence-corrected chi connectivity index (χ4v) is 5.30. The van der Waals surface area contributed by atoms with E-state index in [1.54, 1.807) is 18.4 Å². The van der Waals surface area contributed by atoms with Crippen LogP contribution >= 0.6 is 23.4 Å². The van der Waals surface area contributed by atoms with Crippen molar-refractivity contribution in [1.82, 2.24) is 19.1 Å². The van der Waals surface area contributed by atoms with Gasteiger partial charge in [-0.05, 0) is 31.0 Å². The number of hydrogen-bond donors (Lipinski definition) is 2. The lowest BCUT2D eigenvalue weighted by atomic mass is 10.3. The number of thioether (sulfide) groups is 1. The number of amides is 1. The van der Waals surface area contributed by atoms with Crippen LogP contribution in [0.1, 0.15) is 32.7 Å². The molecule has 12 heteroatoms. The number of rotatable bonds is 9. The summed E-state index contributed by atoms with van der Waals surface area (Å²) in [4.78, 5) is 24.2. The zero-order valence-corrected chi connectivity index (χ0v) is 18.4. The van der Waals surface area contributed by atoms with E-state index >= 15 is 0 Å². The van der Waals surface area contributed by atoms with Gasteiger partial charge in [0.05, 0.1) is 21.4 Å². The highest BCUT2D eigenvalue weighted by molar-refractivity contribution is 7.99. The Bertz CT molecular complexity index is 1060. The molecule has 2 N–H and O–H groups in total. The van der Waals surface area contributed by atoms with E-state index < -0.39 is 10.0 Å². The van der Waals surface area contributed by atoms with E-state index in [0.29, 0.717) is 18.2 Å². The fraction of sp³-hybridized carbons (Fsp3) is 0.471. The first-order valence-electron chi connectivity index (χ1n) is 9.17. The minimum Gasteiger partial charge on any atom is -0.324 e. The molecule has 0 unspecified atom stereocenters. The Morgan fingerprint density at radius 3 is 2.69 bits per heavy atom. The van der Waals surface area contributed by atoms with Crippen LogP contribution < -0.4 is 11.0 Å². The van der Waals surface area contributed by atoms with Gasteiger partial charge in [0.1, 0.15) is 0 Å². The molecule has 0 atom stereocenters. The van der Waals surface area contributed by atoms with Crippen molar-refractivity contribution in [1.29, 1.82) is 0 Å². The summed E-state index contributed by atoms with van der Waals surface area (Å²) in [6.45, 7) is 4.19. The van der Waals surface area contributed by atoms with E-state index in [0.717, 1.165) is 24.6 Å². The third kappa shape index (κ3) is 4.85. The fourth-order valence-electron chi connectivity index (χ4n) is 2.84. The number of aromatic amines is 1. The maximum absolute atomic E-state index is 12.7. The number of halogens is 1. The minimum absolute atomic E-state index is 0.000362. The summed E-state index contributed by atoms with van der Waals surface area (Å²) >= 11 is 7.27. The van der Waals surface area contributed by atoms with Crippen molar-refractivity contribution in [3.8, 4) is 0 Å². The largest absolute Gasteiger partial charge is 0.344 e. The average Bonchev–Trinajstić information content (AvgIpc) is 3.44. The van der Waals surface area contributed by atoms with Crippen molar-refractivity contribution in [3.05, 3.63) is 33.7 Å². The van der Waals surface area contributed by atoms with Gasteiger partial charge in [0.25, 0.3) is 0 Å². The monoisotopic (exact) mass is 459 g/mol. The molecule has 9 nitrogen and oxygen atoms in total. The van der Waals surface area contributed by atoms with Gasteiger partial charge in [-0.1, -0.05) is 37.2 Å². The number of aromatic nitrogens is 3. The lowest BCUT2D eigenvalue weighted by molar-refractivity contribution is -0.113. The van der Waals surface area contributed by atoms with Crippen LogP contribution in [-0.2, 0) is 14.8 Å². The van der Waals surface area contributed by atoms with Gasteiger partial charge in [-0.3, -0.25) is 9.36 Å². The summed E-state index contributed by atoms with van der Waals surface area (Å²) in [5, 5.41) is 9.68. The van der Waals surface area contributed by atoms with Gasteiger partial charge in [0, 0.05) is 19.1 Å². The van der Waals surface area contributed by atoms with Crippen LogP contribution in [0.5, 0.6) is 0 Å². The molecule has 1 saturated carbocycles. The molecule has 1 aliphatic carbocycles. The van der Waals surface area contributed by atoms with Gasteiger partial charge >= 0.3 is 5.69 Å². The molecule has 1 aromatic heterocycles. The van der Waals surface area contributed by atoms with Gasteiger partial charge in [0.2, 0.25) is 15.9 Å². The van der Waals surface area contributed by atoms with Crippen molar-refractivity contribution in [2.75, 3.05) is 24.2 Å². The molecule has 1 aromatic carbocycles. The molecule has 29 heavy (non-hydrogen) atoms. The molecule has 0 bridgehead atoms. The molecular weight excluding hydrogens is 438 g/mol. The quantitative estimate of drug-likeness (QED) is 0.556. The second kappa shape index (κ2) is 8.90. The van der Waals surface area contributed by atoms with Crippen molar-refractivity contribution in [2.24, 2.45) is 0 Å². The van der Waals surface area contributed by atoms with E-state index in [1.165, 1.54) is 22.5 Å². The van der Waals surface area contributed by atoms with Gasteiger partial charge in [-0.15, -0.1) is 5.10 Å². The Morgan fingerprint density at radius 1 is 1.38 bits per heavy atom. The lowest BCUT2D eigenvalue weighted by Crippen LogP contribution is -2.30. The Kier molecular flexibility index (Phi) is 6.72. The van der Waals surface area contributed by atoms with Gasteiger partial charge < -0.3 is 5.32 Å². The zero-order valence-electron chi connectivity index (χ0n) is 16.0. The van der Waals surface area contributed by atoms with Gasteiger partial charge in [-0.2, -0.15) is 4.31 Å². The van der Waals surface area contributed by atoms with Crippen molar-refractivity contribution in [2.45, 2.75) is 42.8 Å². The molecular formula is C17H22ClN5O4S2. The first-order chi connectivity index (χ1) is 13.8. The molecule has 158 valence electrons. The highest BCUT2D eigenvalue weighted by Crippen LogP contribution is 2.36. The smallest absolute Gasteiger partial charge is 0.324 e.